The summed E-state index contributed by atoms with van der Waals surface area (Å²) in [7, 11) is 4.25. The number of aromatic nitrogens is 1. The highest BCUT2D eigenvalue weighted by molar-refractivity contribution is 5.83. The fourth-order valence-corrected chi connectivity index (χ4v) is 2.66. The molecule has 0 saturated carbocycles. The lowest BCUT2D eigenvalue weighted by Gasteiger charge is -2.11. The third-order valence-corrected chi connectivity index (χ3v) is 3.74. The van der Waals surface area contributed by atoms with Gasteiger partial charge in [-0.1, -0.05) is 25.1 Å². The number of rotatable bonds is 8. The van der Waals surface area contributed by atoms with E-state index in [-0.39, 0.29) is 0 Å². The molecule has 0 aliphatic carbocycles. The van der Waals surface area contributed by atoms with E-state index in [0.29, 0.717) is 0 Å². The summed E-state index contributed by atoms with van der Waals surface area (Å²) < 4.78 is 2.38. The highest BCUT2D eigenvalue weighted by atomic mass is 15.1. The van der Waals surface area contributed by atoms with E-state index in [1.165, 1.54) is 22.9 Å². The molecule has 0 spiro atoms. The van der Waals surface area contributed by atoms with Crippen molar-refractivity contribution in [3.8, 4) is 0 Å². The van der Waals surface area contributed by atoms with Crippen LogP contribution >= 0.6 is 0 Å². The second-order valence-corrected chi connectivity index (χ2v) is 5.62. The van der Waals surface area contributed by atoms with E-state index in [2.05, 4.69) is 66.3 Å². The summed E-state index contributed by atoms with van der Waals surface area (Å²) in [5.74, 6) is 0. The SMILES string of the molecule is CCc1cccc2ccn(CCNCCCN(C)C)c12. The molecule has 110 valence electrons. The molecule has 3 heteroatoms. The Morgan fingerprint density at radius 3 is 2.75 bits per heavy atom. The number of fused-ring (bicyclic) bond motifs is 1. The molecule has 3 nitrogen and oxygen atoms in total. The maximum atomic E-state index is 3.53. The van der Waals surface area contributed by atoms with Crippen molar-refractivity contribution < 1.29 is 0 Å². The second-order valence-electron chi connectivity index (χ2n) is 5.62. The van der Waals surface area contributed by atoms with Crippen LogP contribution in [0.5, 0.6) is 0 Å². The number of aryl methyl sites for hydroxylation is 1. The minimum absolute atomic E-state index is 1.04. The molecule has 0 fully saturated rings. The van der Waals surface area contributed by atoms with Gasteiger partial charge in [0.1, 0.15) is 0 Å². The molecule has 0 bridgehead atoms. The van der Waals surface area contributed by atoms with Crippen molar-refractivity contribution in [3.05, 3.63) is 36.0 Å². The Kier molecular flexibility index (Phi) is 5.62. The van der Waals surface area contributed by atoms with Crippen LogP contribution in [0.2, 0.25) is 0 Å². The van der Waals surface area contributed by atoms with Gasteiger partial charge in [0.2, 0.25) is 0 Å². The van der Waals surface area contributed by atoms with Gasteiger partial charge in [-0.15, -0.1) is 0 Å². The lowest BCUT2D eigenvalue weighted by atomic mass is 10.1. The highest BCUT2D eigenvalue weighted by Gasteiger charge is 2.04. The standard InChI is InChI=1S/C17H27N3/c1-4-15-7-5-8-16-9-13-20(17(15)16)14-11-18-10-6-12-19(2)3/h5,7-9,13,18H,4,6,10-12,14H2,1-3H3. The molecule has 0 saturated heterocycles. The molecule has 1 heterocycles. The Labute approximate surface area is 122 Å². The van der Waals surface area contributed by atoms with Crippen LogP contribution in [0.1, 0.15) is 18.9 Å². The van der Waals surface area contributed by atoms with Gasteiger partial charge in [-0.25, -0.2) is 0 Å². The van der Waals surface area contributed by atoms with Gasteiger partial charge >= 0.3 is 0 Å². The molecule has 2 aromatic rings. The summed E-state index contributed by atoms with van der Waals surface area (Å²) in [6, 6.07) is 8.82. The molecule has 2 rings (SSSR count). The molecule has 0 atom stereocenters. The van der Waals surface area contributed by atoms with Crippen molar-refractivity contribution in [2.45, 2.75) is 26.3 Å². The first-order valence-electron chi connectivity index (χ1n) is 7.64. The van der Waals surface area contributed by atoms with Gasteiger partial charge < -0.3 is 14.8 Å². The van der Waals surface area contributed by atoms with Crippen molar-refractivity contribution in [2.75, 3.05) is 33.7 Å². The molecular weight excluding hydrogens is 246 g/mol. The number of hydrogen-bond donors (Lipinski definition) is 1. The fourth-order valence-electron chi connectivity index (χ4n) is 2.66. The molecule has 0 aliphatic heterocycles. The van der Waals surface area contributed by atoms with Crippen LogP contribution in [0, 0.1) is 0 Å². The number of hydrogen-bond acceptors (Lipinski definition) is 2. The van der Waals surface area contributed by atoms with Crippen LogP contribution in [0.15, 0.2) is 30.5 Å². The number of benzene rings is 1. The zero-order valence-corrected chi connectivity index (χ0v) is 13.0. The summed E-state index contributed by atoms with van der Waals surface area (Å²) in [6.45, 7) is 6.56. The Hall–Kier alpha value is -1.32. The van der Waals surface area contributed by atoms with E-state index in [4.69, 9.17) is 0 Å². The number of para-hydroxylation sites is 1. The average Bonchev–Trinajstić information content (AvgIpc) is 2.85. The van der Waals surface area contributed by atoms with Crippen LogP contribution in [0.3, 0.4) is 0 Å². The number of nitrogens with zero attached hydrogens (tertiary/aromatic N) is 2. The van der Waals surface area contributed by atoms with Crippen molar-refractivity contribution in [1.82, 2.24) is 14.8 Å². The summed E-state index contributed by atoms with van der Waals surface area (Å²) in [5, 5.41) is 4.89. The normalized spacial score (nSPS) is 11.6. The van der Waals surface area contributed by atoms with E-state index in [1.807, 2.05) is 0 Å². The van der Waals surface area contributed by atoms with Crippen LogP contribution < -0.4 is 5.32 Å². The highest BCUT2D eigenvalue weighted by Crippen LogP contribution is 2.20. The van der Waals surface area contributed by atoms with Gasteiger partial charge in [-0.05, 0) is 57.0 Å². The third-order valence-electron chi connectivity index (χ3n) is 3.74. The predicted octanol–water partition coefficient (Wildman–Crippen LogP) is 2.75. The van der Waals surface area contributed by atoms with E-state index < -0.39 is 0 Å². The first-order chi connectivity index (χ1) is 9.72. The zero-order valence-electron chi connectivity index (χ0n) is 13.0. The van der Waals surface area contributed by atoms with Crippen LogP contribution in [0.4, 0.5) is 0 Å². The van der Waals surface area contributed by atoms with Crippen LogP contribution in [-0.4, -0.2) is 43.2 Å². The van der Waals surface area contributed by atoms with E-state index in [0.717, 1.165) is 32.6 Å². The summed E-state index contributed by atoms with van der Waals surface area (Å²) in [6.07, 6.45) is 4.52. The smallest absolute Gasteiger partial charge is 0.0513 e. The first-order valence-corrected chi connectivity index (χ1v) is 7.64. The molecule has 0 aliphatic rings. The van der Waals surface area contributed by atoms with Gasteiger partial charge in [0.15, 0.2) is 0 Å². The lowest BCUT2D eigenvalue weighted by Crippen LogP contribution is -2.24. The lowest BCUT2D eigenvalue weighted by molar-refractivity contribution is 0.393. The molecule has 1 N–H and O–H groups in total. The zero-order chi connectivity index (χ0) is 14.4. The second kappa shape index (κ2) is 7.46. The monoisotopic (exact) mass is 273 g/mol. The molecule has 0 radical (unpaired) electrons. The Bertz CT molecular complexity index is 528. The summed E-state index contributed by atoms with van der Waals surface area (Å²) in [5.41, 5.74) is 2.85. The van der Waals surface area contributed by atoms with E-state index >= 15 is 0 Å². The largest absolute Gasteiger partial charge is 0.346 e. The van der Waals surface area contributed by atoms with Gasteiger partial charge in [-0.3, -0.25) is 0 Å². The topological polar surface area (TPSA) is 20.2 Å². The quantitative estimate of drug-likeness (QED) is 0.746. The van der Waals surface area contributed by atoms with Crippen molar-refractivity contribution in [2.24, 2.45) is 0 Å². The Morgan fingerprint density at radius 1 is 1.15 bits per heavy atom. The first kappa shape index (κ1) is 15.1. The minimum Gasteiger partial charge on any atom is -0.346 e. The molecule has 0 amide bonds. The Morgan fingerprint density at radius 2 is 2.00 bits per heavy atom. The molecule has 1 aromatic carbocycles. The van der Waals surface area contributed by atoms with Gasteiger partial charge in [0.25, 0.3) is 0 Å². The third kappa shape index (κ3) is 3.84. The minimum atomic E-state index is 1.04. The van der Waals surface area contributed by atoms with Gasteiger partial charge in [0.05, 0.1) is 5.52 Å². The van der Waals surface area contributed by atoms with Gasteiger partial charge in [0, 0.05) is 19.3 Å². The fraction of sp³-hybridized carbons (Fsp3) is 0.529. The van der Waals surface area contributed by atoms with Crippen molar-refractivity contribution in [1.29, 1.82) is 0 Å². The van der Waals surface area contributed by atoms with Crippen molar-refractivity contribution in [3.63, 3.8) is 0 Å². The molecule has 20 heavy (non-hydrogen) atoms. The molecule has 1 aromatic heterocycles. The summed E-state index contributed by atoms with van der Waals surface area (Å²) >= 11 is 0. The summed E-state index contributed by atoms with van der Waals surface area (Å²) in [4.78, 5) is 2.23. The van der Waals surface area contributed by atoms with E-state index in [1.54, 1.807) is 0 Å². The van der Waals surface area contributed by atoms with Crippen LogP contribution in [0.25, 0.3) is 10.9 Å². The predicted molar refractivity (Wildman–Crippen MR) is 87.4 cm³/mol. The average molecular weight is 273 g/mol. The van der Waals surface area contributed by atoms with E-state index in [9.17, 15) is 0 Å². The molecule has 0 unspecified atom stereocenters. The maximum absolute atomic E-state index is 3.53. The van der Waals surface area contributed by atoms with Crippen molar-refractivity contribution >= 4 is 10.9 Å². The van der Waals surface area contributed by atoms with Gasteiger partial charge in [-0.2, -0.15) is 0 Å². The van der Waals surface area contributed by atoms with Crippen LogP contribution in [-0.2, 0) is 13.0 Å². The Balaban J connectivity index is 1.87. The molecular formula is C17H27N3. The number of nitrogens with one attached hydrogen (secondary N) is 1. The maximum Gasteiger partial charge on any atom is 0.0513 e.